The van der Waals surface area contributed by atoms with Crippen molar-refractivity contribution < 1.29 is 14.6 Å². The number of allylic oxidation sites excluding steroid dienone is 2. The fourth-order valence-corrected chi connectivity index (χ4v) is 6.05. The van der Waals surface area contributed by atoms with Crippen LogP contribution < -0.4 is 4.74 Å². The third kappa shape index (κ3) is 5.22. The van der Waals surface area contributed by atoms with Gasteiger partial charge in [0.15, 0.2) is 5.78 Å². The van der Waals surface area contributed by atoms with Crippen molar-refractivity contribution in [1.29, 1.82) is 0 Å². The lowest BCUT2D eigenvalue weighted by Gasteiger charge is -2.31. The number of piperidine rings is 1. The molecule has 0 atom stereocenters. The molecule has 5 rings (SSSR count). The van der Waals surface area contributed by atoms with Crippen LogP contribution >= 0.6 is 0 Å². The van der Waals surface area contributed by atoms with Gasteiger partial charge in [-0.2, -0.15) is 0 Å². The van der Waals surface area contributed by atoms with E-state index in [1.54, 1.807) is 6.07 Å². The second kappa shape index (κ2) is 10.8. The lowest BCUT2D eigenvalue weighted by molar-refractivity contribution is 0.105. The molecule has 0 amide bonds. The molecule has 4 nitrogen and oxygen atoms in total. The number of rotatable bonds is 7. The van der Waals surface area contributed by atoms with Gasteiger partial charge in [0.05, 0.1) is 0 Å². The van der Waals surface area contributed by atoms with E-state index in [-0.39, 0.29) is 11.5 Å². The maximum absolute atomic E-state index is 13.9. The highest BCUT2D eigenvalue weighted by Crippen LogP contribution is 2.42. The van der Waals surface area contributed by atoms with Gasteiger partial charge < -0.3 is 9.84 Å². The standard InChI is InChI=1S/C30H37NO3/c32-25-12-16-28-24(21-25)11-15-27(22-7-3-1-4-8-22)29(28)30(33)23-9-13-26(14-10-23)34-20-19-31-17-5-2-6-18-31/h9-10,12-14,16,21-22,32H,1-8,11,15,17-20H2. The number of fused-ring (bicyclic) bond motifs is 1. The fraction of sp³-hybridized carbons (Fsp3) is 0.500. The summed E-state index contributed by atoms with van der Waals surface area (Å²) in [7, 11) is 0. The van der Waals surface area contributed by atoms with Crippen LogP contribution in [0.5, 0.6) is 11.5 Å². The molecule has 1 aliphatic heterocycles. The smallest absolute Gasteiger partial charge is 0.193 e. The van der Waals surface area contributed by atoms with Crippen molar-refractivity contribution in [3.8, 4) is 11.5 Å². The normalized spacial score (nSPS) is 19.6. The van der Waals surface area contributed by atoms with Gasteiger partial charge in [-0.1, -0.05) is 37.3 Å². The van der Waals surface area contributed by atoms with E-state index in [0.717, 1.165) is 41.8 Å². The number of likely N-dealkylation sites (tertiary alicyclic amines) is 1. The molecular weight excluding hydrogens is 422 g/mol. The average Bonchev–Trinajstić information content (AvgIpc) is 2.89. The number of aryl methyl sites for hydroxylation is 1. The summed E-state index contributed by atoms with van der Waals surface area (Å²) in [6.07, 6.45) is 11.9. The van der Waals surface area contributed by atoms with Crippen LogP contribution in [-0.4, -0.2) is 42.0 Å². The minimum atomic E-state index is 0.104. The molecule has 2 aromatic rings. The molecule has 34 heavy (non-hydrogen) atoms. The number of hydrogen-bond acceptors (Lipinski definition) is 4. The van der Waals surface area contributed by atoms with Gasteiger partial charge in [0.2, 0.25) is 0 Å². The Morgan fingerprint density at radius 1 is 0.912 bits per heavy atom. The Morgan fingerprint density at radius 3 is 2.41 bits per heavy atom. The zero-order valence-corrected chi connectivity index (χ0v) is 20.2. The van der Waals surface area contributed by atoms with Gasteiger partial charge in [-0.3, -0.25) is 9.69 Å². The molecule has 0 spiro atoms. The third-order valence-electron chi connectivity index (χ3n) is 7.91. The quantitative estimate of drug-likeness (QED) is 0.486. The Hall–Kier alpha value is -2.59. The molecule has 4 heteroatoms. The highest BCUT2D eigenvalue weighted by atomic mass is 16.5. The summed E-state index contributed by atoms with van der Waals surface area (Å²) in [4.78, 5) is 16.3. The van der Waals surface area contributed by atoms with Crippen molar-refractivity contribution in [1.82, 2.24) is 4.90 Å². The van der Waals surface area contributed by atoms with Gasteiger partial charge in [0.1, 0.15) is 18.1 Å². The van der Waals surface area contributed by atoms with Crippen molar-refractivity contribution in [2.24, 2.45) is 5.92 Å². The summed E-state index contributed by atoms with van der Waals surface area (Å²) < 4.78 is 5.98. The minimum absolute atomic E-state index is 0.104. The van der Waals surface area contributed by atoms with E-state index < -0.39 is 0 Å². The van der Waals surface area contributed by atoms with E-state index in [2.05, 4.69) is 4.90 Å². The molecule has 2 aliphatic carbocycles. The number of phenolic OH excluding ortho intramolecular Hbond substituents is 1. The Bertz CT molecular complexity index is 1030. The molecular formula is C30H37NO3. The second-order valence-electron chi connectivity index (χ2n) is 10.2. The number of nitrogens with zero attached hydrogens (tertiary/aromatic N) is 1. The Balaban J connectivity index is 1.34. The maximum atomic E-state index is 13.9. The highest BCUT2D eigenvalue weighted by Gasteiger charge is 2.30. The number of ether oxygens (including phenoxy) is 1. The second-order valence-corrected chi connectivity index (χ2v) is 10.2. The number of ketones is 1. The molecule has 2 fully saturated rings. The summed E-state index contributed by atoms with van der Waals surface area (Å²) in [5, 5.41) is 10.0. The molecule has 3 aliphatic rings. The summed E-state index contributed by atoms with van der Waals surface area (Å²) in [5.41, 5.74) is 5.03. The third-order valence-corrected chi connectivity index (χ3v) is 7.91. The van der Waals surface area contributed by atoms with Crippen LogP contribution in [0.1, 0.15) is 79.3 Å². The molecule has 0 bridgehead atoms. The minimum Gasteiger partial charge on any atom is -0.508 e. The van der Waals surface area contributed by atoms with Crippen LogP contribution in [0.15, 0.2) is 48.0 Å². The zero-order valence-electron chi connectivity index (χ0n) is 20.2. The van der Waals surface area contributed by atoms with Gasteiger partial charge in [0.25, 0.3) is 0 Å². The molecule has 2 aromatic carbocycles. The molecule has 0 aromatic heterocycles. The van der Waals surface area contributed by atoms with Gasteiger partial charge >= 0.3 is 0 Å². The Morgan fingerprint density at radius 2 is 1.65 bits per heavy atom. The van der Waals surface area contributed by atoms with Crippen LogP contribution in [0.4, 0.5) is 0 Å². The summed E-state index contributed by atoms with van der Waals surface area (Å²) in [6, 6.07) is 13.2. The molecule has 1 N–H and O–H groups in total. The van der Waals surface area contributed by atoms with E-state index in [9.17, 15) is 9.90 Å². The summed E-state index contributed by atoms with van der Waals surface area (Å²) in [6.45, 7) is 3.99. The first kappa shape index (κ1) is 23.2. The first-order valence-corrected chi connectivity index (χ1v) is 13.2. The number of Topliss-reactive ketones (excluding diaryl/α,β-unsaturated/α-hetero) is 1. The number of carbonyl (C=O) groups excluding carboxylic acids is 1. The van der Waals surface area contributed by atoms with Crippen LogP contribution in [0.2, 0.25) is 0 Å². The lowest BCUT2D eigenvalue weighted by atomic mass is 9.73. The summed E-state index contributed by atoms with van der Waals surface area (Å²) >= 11 is 0. The number of benzene rings is 2. The van der Waals surface area contributed by atoms with Crippen LogP contribution in [0.3, 0.4) is 0 Å². The van der Waals surface area contributed by atoms with Crippen molar-refractivity contribution in [2.75, 3.05) is 26.2 Å². The first-order valence-electron chi connectivity index (χ1n) is 13.2. The Kier molecular flexibility index (Phi) is 7.34. The van der Waals surface area contributed by atoms with E-state index in [0.29, 0.717) is 18.1 Å². The van der Waals surface area contributed by atoms with Gasteiger partial charge in [-0.05, 0) is 105 Å². The van der Waals surface area contributed by atoms with E-state index in [1.165, 1.54) is 70.0 Å². The molecule has 1 saturated heterocycles. The lowest BCUT2D eigenvalue weighted by Crippen LogP contribution is -2.33. The van der Waals surface area contributed by atoms with Crippen molar-refractivity contribution >= 4 is 11.4 Å². The predicted octanol–water partition coefficient (Wildman–Crippen LogP) is 6.42. The zero-order chi connectivity index (χ0) is 23.3. The number of aromatic hydroxyl groups is 1. The highest BCUT2D eigenvalue weighted by molar-refractivity contribution is 6.30. The van der Waals surface area contributed by atoms with E-state index in [4.69, 9.17) is 4.74 Å². The van der Waals surface area contributed by atoms with Crippen LogP contribution in [0.25, 0.3) is 5.57 Å². The SMILES string of the molecule is O=C(C1=C(C2CCCCC2)CCc2cc(O)ccc21)c1ccc(OCCN2CCCCC2)cc1. The van der Waals surface area contributed by atoms with E-state index in [1.807, 2.05) is 36.4 Å². The maximum Gasteiger partial charge on any atom is 0.193 e. The van der Waals surface area contributed by atoms with Gasteiger partial charge in [-0.15, -0.1) is 0 Å². The van der Waals surface area contributed by atoms with Crippen LogP contribution in [0, 0.1) is 5.92 Å². The van der Waals surface area contributed by atoms with Crippen LogP contribution in [-0.2, 0) is 6.42 Å². The molecule has 1 saturated carbocycles. The topological polar surface area (TPSA) is 49.8 Å². The van der Waals surface area contributed by atoms with E-state index >= 15 is 0 Å². The van der Waals surface area contributed by atoms with Crippen molar-refractivity contribution in [3.05, 3.63) is 64.7 Å². The number of hydrogen-bond donors (Lipinski definition) is 1. The molecule has 0 radical (unpaired) electrons. The molecule has 180 valence electrons. The number of phenols is 1. The molecule has 0 unspecified atom stereocenters. The monoisotopic (exact) mass is 459 g/mol. The largest absolute Gasteiger partial charge is 0.508 e. The van der Waals surface area contributed by atoms with Gasteiger partial charge in [0, 0.05) is 17.7 Å². The fourth-order valence-electron chi connectivity index (χ4n) is 6.05. The number of carbonyl (C=O) groups is 1. The van der Waals surface area contributed by atoms with Gasteiger partial charge in [-0.25, -0.2) is 0 Å². The average molecular weight is 460 g/mol. The molecule has 1 heterocycles. The van der Waals surface area contributed by atoms with Crippen molar-refractivity contribution in [2.45, 2.75) is 64.2 Å². The summed E-state index contributed by atoms with van der Waals surface area (Å²) in [5.74, 6) is 1.71. The van der Waals surface area contributed by atoms with Crippen molar-refractivity contribution in [3.63, 3.8) is 0 Å². The predicted molar refractivity (Wildman–Crippen MR) is 136 cm³/mol. The first-order chi connectivity index (χ1) is 16.7. The Labute approximate surface area is 203 Å².